The predicted molar refractivity (Wildman–Crippen MR) is 160 cm³/mol. The summed E-state index contributed by atoms with van der Waals surface area (Å²) in [6.07, 6.45) is 1.40. The topological polar surface area (TPSA) is 107 Å². The van der Waals surface area contributed by atoms with E-state index < -0.39 is 16.0 Å². The minimum atomic E-state index is -4.07. The van der Waals surface area contributed by atoms with Crippen LogP contribution in [0.3, 0.4) is 0 Å². The second kappa shape index (κ2) is 10.7. The summed E-state index contributed by atoms with van der Waals surface area (Å²) in [5, 5.41) is 6.81. The number of nitrogens with zero attached hydrogens (tertiary/aromatic N) is 2. The lowest BCUT2D eigenvalue weighted by molar-refractivity contribution is -0.121. The summed E-state index contributed by atoms with van der Waals surface area (Å²) in [6.45, 7) is -0.0637. The molecule has 1 amide bonds. The van der Waals surface area contributed by atoms with Gasteiger partial charge in [-0.25, -0.2) is 5.43 Å². The second-order valence-electron chi connectivity index (χ2n) is 9.36. The molecule has 0 atom stereocenters. The number of para-hydroxylation sites is 2. The molecule has 1 N–H and O–H groups in total. The van der Waals surface area contributed by atoms with Gasteiger partial charge in [-0.1, -0.05) is 66.7 Å². The molecule has 0 fully saturated rings. The fourth-order valence-corrected chi connectivity index (χ4v) is 5.71. The van der Waals surface area contributed by atoms with Crippen LogP contribution in [0.1, 0.15) is 5.56 Å². The van der Waals surface area contributed by atoms with Gasteiger partial charge in [0.25, 0.3) is 5.91 Å². The Morgan fingerprint density at radius 2 is 1.44 bits per heavy atom. The monoisotopic (exact) mass is 561 g/mol. The van der Waals surface area contributed by atoms with Crippen LogP contribution in [-0.4, -0.2) is 25.1 Å². The van der Waals surface area contributed by atoms with Gasteiger partial charge in [0.1, 0.15) is 17.2 Å². The first-order chi connectivity index (χ1) is 19.9. The SMILES string of the molecule is O=C(Cn1c2ccccc2c(=O)c2ccccc21)N/N=C\c1cccc(OS(=O)(=O)c2ccc3ccccc3c2)c1. The first-order valence-corrected chi connectivity index (χ1v) is 14.2. The Kier molecular flexibility index (Phi) is 6.78. The number of hydrazone groups is 1. The maximum atomic E-state index is 12.9. The van der Waals surface area contributed by atoms with Gasteiger partial charge in [-0.3, -0.25) is 9.59 Å². The molecule has 6 aromatic rings. The second-order valence-corrected chi connectivity index (χ2v) is 10.9. The Labute approximate surface area is 235 Å². The van der Waals surface area contributed by atoms with Crippen LogP contribution in [0.5, 0.6) is 5.75 Å². The van der Waals surface area contributed by atoms with E-state index in [9.17, 15) is 18.0 Å². The van der Waals surface area contributed by atoms with Crippen LogP contribution in [-0.2, 0) is 21.5 Å². The highest BCUT2D eigenvalue weighted by molar-refractivity contribution is 7.87. The van der Waals surface area contributed by atoms with E-state index in [4.69, 9.17) is 4.18 Å². The number of amides is 1. The van der Waals surface area contributed by atoms with Gasteiger partial charge in [0.05, 0.1) is 17.2 Å². The number of nitrogens with one attached hydrogen (secondary N) is 1. The zero-order valence-electron chi connectivity index (χ0n) is 21.6. The third-order valence-electron chi connectivity index (χ3n) is 6.66. The van der Waals surface area contributed by atoms with Gasteiger partial charge in [0, 0.05) is 10.8 Å². The molecule has 1 heterocycles. The summed E-state index contributed by atoms with van der Waals surface area (Å²) >= 11 is 0. The van der Waals surface area contributed by atoms with Crippen LogP contribution in [0.2, 0.25) is 0 Å². The fourth-order valence-electron chi connectivity index (χ4n) is 4.75. The van der Waals surface area contributed by atoms with Gasteiger partial charge in [-0.15, -0.1) is 0 Å². The van der Waals surface area contributed by atoms with Crippen molar-refractivity contribution in [2.75, 3.05) is 0 Å². The van der Waals surface area contributed by atoms with Gasteiger partial charge in [0.15, 0.2) is 5.43 Å². The Hall–Kier alpha value is -5.28. The smallest absolute Gasteiger partial charge is 0.339 e. The maximum Gasteiger partial charge on any atom is 0.339 e. The van der Waals surface area contributed by atoms with E-state index in [1.165, 1.54) is 24.4 Å². The van der Waals surface area contributed by atoms with Crippen molar-refractivity contribution >= 4 is 54.8 Å². The molecule has 0 aliphatic heterocycles. The van der Waals surface area contributed by atoms with Crippen molar-refractivity contribution in [1.82, 2.24) is 9.99 Å². The standard InChI is InChI=1S/C32H23N3O5S/c36-31(21-35-29-14-5-3-12-27(29)32(37)28-13-4-6-15-30(28)35)34-33-20-22-8-7-11-25(18-22)40-41(38,39)26-17-16-23-9-1-2-10-24(23)19-26/h1-20H,21H2,(H,34,36)/b33-20-. The van der Waals surface area contributed by atoms with Gasteiger partial charge in [-0.2, -0.15) is 13.5 Å². The van der Waals surface area contributed by atoms with Crippen LogP contribution in [0, 0.1) is 0 Å². The molecule has 8 nitrogen and oxygen atoms in total. The third kappa shape index (κ3) is 5.30. The number of carbonyl (C=O) groups is 1. The zero-order valence-corrected chi connectivity index (χ0v) is 22.4. The average Bonchev–Trinajstić information content (AvgIpc) is 2.99. The van der Waals surface area contributed by atoms with E-state index in [-0.39, 0.29) is 22.6 Å². The molecule has 0 radical (unpaired) electrons. The number of carbonyl (C=O) groups excluding carboxylic acids is 1. The minimum absolute atomic E-state index is 0.0464. The van der Waals surface area contributed by atoms with Crippen molar-refractivity contribution in [1.29, 1.82) is 0 Å². The minimum Gasteiger partial charge on any atom is -0.379 e. The number of pyridine rings is 1. The normalized spacial score (nSPS) is 11.8. The Morgan fingerprint density at radius 3 is 2.17 bits per heavy atom. The fraction of sp³-hybridized carbons (Fsp3) is 0.0312. The third-order valence-corrected chi connectivity index (χ3v) is 7.90. The van der Waals surface area contributed by atoms with Crippen molar-refractivity contribution in [2.24, 2.45) is 5.10 Å². The summed E-state index contributed by atoms with van der Waals surface area (Å²) < 4.78 is 33.0. The summed E-state index contributed by atoms with van der Waals surface area (Å²) in [6, 6.07) is 33.0. The van der Waals surface area contributed by atoms with E-state index in [2.05, 4.69) is 10.5 Å². The molecule has 1 aromatic heterocycles. The molecular weight excluding hydrogens is 538 g/mol. The summed E-state index contributed by atoms with van der Waals surface area (Å²) in [5.74, 6) is -0.286. The van der Waals surface area contributed by atoms with Crippen LogP contribution in [0.15, 0.2) is 130 Å². The molecule has 41 heavy (non-hydrogen) atoms. The molecule has 0 saturated heterocycles. The molecule has 9 heteroatoms. The maximum absolute atomic E-state index is 12.9. The largest absolute Gasteiger partial charge is 0.379 e. The highest BCUT2D eigenvalue weighted by Gasteiger charge is 2.17. The molecule has 0 spiro atoms. The summed E-state index contributed by atoms with van der Waals surface area (Å²) in [7, 11) is -4.07. The van der Waals surface area contributed by atoms with Crippen molar-refractivity contribution in [3.05, 3.63) is 131 Å². The van der Waals surface area contributed by atoms with Crippen molar-refractivity contribution in [3.8, 4) is 5.75 Å². The first-order valence-electron chi connectivity index (χ1n) is 12.7. The molecule has 6 rings (SSSR count). The lowest BCUT2D eigenvalue weighted by atomic mass is 10.1. The molecule has 0 aliphatic rings. The lowest BCUT2D eigenvalue weighted by Crippen LogP contribution is -2.25. The van der Waals surface area contributed by atoms with Gasteiger partial charge in [-0.05, 0) is 64.9 Å². The Bertz CT molecular complexity index is 2090. The molecule has 0 bridgehead atoms. The number of hydrogen-bond donors (Lipinski definition) is 1. The van der Waals surface area contributed by atoms with Gasteiger partial charge < -0.3 is 8.75 Å². The van der Waals surface area contributed by atoms with Crippen LogP contribution in [0.25, 0.3) is 32.6 Å². The van der Waals surface area contributed by atoms with Crippen LogP contribution >= 0.6 is 0 Å². The summed E-state index contributed by atoms with van der Waals surface area (Å²) in [5.41, 5.74) is 4.24. The van der Waals surface area contributed by atoms with Crippen molar-refractivity contribution in [3.63, 3.8) is 0 Å². The first kappa shape index (κ1) is 26.0. The molecule has 0 saturated carbocycles. The predicted octanol–water partition coefficient (Wildman–Crippen LogP) is 5.23. The van der Waals surface area contributed by atoms with Crippen LogP contribution in [0.4, 0.5) is 0 Å². The molecule has 0 unspecified atom stereocenters. The molecule has 202 valence electrons. The van der Waals surface area contributed by atoms with E-state index in [1.54, 1.807) is 65.2 Å². The molecule has 5 aromatic carbocycles. The zero-order chi connectivity index (χ0) is 28.4. The number of fused-ring (bicyclic) bond motifs is 3. The quantitative estimate of drug-likeness (QED) is 0.124. The number of benzene rings is 5. The molecule has 0 aliphatic carbocycles. The molecular formula is C32H23N3O5S. The van der Waals surface area contributed by atoms with E-state index in [0.29, 0.717) is 27.4 Å². The Morgan fingerprint density at radius 1 is 0.780 bits per heavy atom. The van der Waals surface area contributed by atoms with Gasteiger partial charge in [0.2, 0.25) is 0 Å². The summed E-state index contributed by atoms with van der Waals surface area (Å²) in [4.78, 5) is 25.8. The Balaban J connectivity index is 1.18. The highest BCUT2D eigenvalue weighted by Crippen LogP contribution is 2.23. The van der Waals surface area contributed by atoms with E-state index in [1.807, 2.05) is 36.4 Å². The number of rotatable bonds is 7. The van der Waals surface area contributed by atoms with Crippen LogP contribution < -0.4 is 15.0 Å². The highest BCUT2D eigenvalue weighted by atomic mass is 32.2. The van der Waals surface area contributed by atoms with Crippen molar-refractivity contribution in [2.45, 2.75) is 11.4 Å². The lowest BCUT2D eigenvalue weighted by Gasteiger charge is -2.14. The van der Waals surface area contributed by atoms with E-state index in [0.717, 1.165) is 10.8 Å². The average molecular weight is 562 g/mol. The van der Waals surface area contributed by atoms with E-state index >= 15 is 0 Å². The number of hydrogen-bond acceptors (Lipinski definition) is 6. The van der Waals surface area contributed by atoms with Crippen molar-refractivity contribution < 1.29 is 17.4 Å². The number of aromatic nitrogens is 1. The van der Waals surface area contributed by atoms with Gasteiger partial charge >= 0.3 is 10.1 Å².